The van der Waals surface area contributed by atoms with E-state index in [4.69, 9.17) is 15.2 Å². The molecule has 2 rings (SSSR count). The molecule has 106 valence electrons. The van der Waals surface area contributed by atoms with Crippen LogP contribution in [-0.2, 0) is 0 Å². The number of nitrogens with zero attached hydrogens (tertiary/aromatic N) is 2. The van der Waals surface area contributed by atoms with Gasteiger partial charge in [0.05, 0.1) is 25.5 Å². The van der Waals surface area contributed by atoms with Crippen LogP contribution in [0.25, 0.3) is 11.3 Å². The van der Waals surface area contributed by atoms with Gasteiger partial charge in [0, 0.05) is 29.6 Å². The Morgan fingerprint density at radius 1 is 1.24 bits per heavy atom. The highest BCUT2D eigenvalue weighted by atomic mass is 16.5. The number of hydrogen-bond acceptors (Lipinski definition) is 5. The van der Waals surface area contributed by atoms with Crippen LogP contribution in [0.5, 0.6) is 11.5 Å². The van der Waals surface area contributed by atoms with Crippen LogP contribution in [0.4, 0.5) is 0 Å². The second-order valence-corrected chi connectivity index (χ2v) is 4.21. The van der Waals surface area contributed by atoms with Crippen LogP contribution in [-0.4, -0.2) is 19.2 Å². The van der Waals surface area contributed by atoms with Gasteiger partial charge in [-0.15, -0.1) is 0 Å². The molecule has 2 aromatic rings. The third kappa shape index (κ3) is 2.95. The van der Waals surface area contributed by atoms with Crippen LogP contribution in [0.2, 0.25) is 0 Å². The number of nitrogens with two attached hydrogens (primary N) is 1. The minimum absolute atomic E-state index is 0.338. The first-order valence-electron chi connectivity index (χ1n) is 6.24. The van der Waals surface area contributed by atoms with Crippen molar-refractivity contribution in [2.75, 3.05) is 14.2 Å². The van der Waals surface area contributed by atoms with Crippen molar-refractivity contribution < 1.29 is 9.47 Å². The largest absolute Gasteiger partial charge is 0.497 e. The van der Waals surface area contributed by atoms with Gasteiger partial charge in [-0.1, -0.05) is 6.07 Å². The van der Waals surface area contributed by atoms with Gasteiger partial charge in [0.1, 0.15) is 17.6 Å². The van der Waals surface area contributed by atoms with E-state index in [9.17, 15) is 5.26 Å². The lowest BCUT2D eigenvalue weighted by atomic mass is 10.0. The first kappa shape index (κ1) is 14.4. The Labute approximate surface area is 123 Å². The van der Waals surface area contributed by atoms with E-state index in [0.29, 0.717) is 33.9 Å². The van der Waals surface area contributed by atoms with Crippen molar-refractivity contribution in [3.63, 3.8) is 0 Å². The summed E-state index contributed by atoms with van der Waals surface area (Å²) in [7, 11) is 3.12. The molecule has 21 heavy (non-hydrogen) atoms. The molecular formula is C16H15N3O2. The van der Waals surface area contributed by atoms with E-state index >= 15 is 0 Å². The van der Waals surface area contributed by atoms with E-state index < -0.39 is 0 Å². The first-order chi connectivity index (χ1) is 10.2. The molecule has 0 aliphatic heterocycles. The molecule has 0 saturated carbocycles. The van der Waals surface area contributed by atoms with E-state index in [1.165, 1.54) is 0 Å². The summed E-state index contributed by atoms with van der Waals surface area (Å²) in [6.07, 6.45) is 3.24. The molecular weight excluding hydrogens is 266 g/mol. The highest BCUT2D eigenvalue weighted by molar-refractivity contribution is 5.97. The third-order valence-electron chi connectivity index (χ3n) is 3.03. The zero-order valence-corrected chi connectivity index (χ0v) is 11.8. The summed E-state index contributed by atoms with van der Waals surface area (Å²) in [5.41, 5.74) is 8.15. The van der Waals surface area contributed by atoms with E-state index in [1.807, 2.05) is 0 Å². The molecule has 0 aliphatic carbocycles. The van der Waals surface area contributed by atoms with E-state index in [2.05, 4.69) is 11.1 Å². The van der Waals surface area contributed by atoms with Crippen molar-refractivity contribution >= 4 is 11.3 Å². The second-order valence-electron chi connectivity index (χ2n) is 4.21. The minimum atomic E-state index is 0.338. The summed E-state index contributed by atoms with van der Waals surface area (Å²) in [6.45, 7) is 0. The number of rotatable bonds is 4. The van der Waals surface area contributed by atoms with Crippen LogP contribution in [0, 0.1) is 11.3 Å². The molecule has 0 amide bonds. The van der Waals surface area contributed by atoms with Gasteiger partial charge < -0.3 is 15.2 Å². The van der Waals surface area contributed by atoms with Crippen LogP contribution >= 0.6 is 0 Å². The lowest BCUT2D eigenvalue weighted by Crippen LogP contribution is -2.03. The van der Waals surface area contributed by atoms with Gasteiger partial charge in [-0.05, 0) is 18.2 Å². The predicted molar refractivity (Wildman–Crippen MR) is 80.4 cm³/mol. The zero-order valence-electron chi connectivity index (χ0n) is 11.8. The average molecular weight is 281 g/mol. The van der Waals surface area contributed by atoms with Gasteiger partial charge in [-0.25, -0.2) is 0 Å². The van der Waals surface area contributed by atoms with E-state index in [0.717, 1.165) is 0 Å². The molecule has 0 unspecified atom stereocenters. The number of benzene rings is 1. The Morgan fingerprint density at radius 3 is 2.62 bits per heavy atom. The molecule has 1 heterocycles. The molecule has 0 atom stereocenters. The number of ether oxygens (including phenoxy) is 2. The standard InChI is InChI=1S/C16H15N3O2/c1-20-12-5-6-13(15(8-12)21-2)16(18)14(9-17)11-4-3-7-19-10-11/h3-8,10H,18H2,1-2H3/b16-14+. The Bertz CT molecular complexity index is 703. The normalized spacial score (nSPS) is 11.3. The summed E-state index contributed by atoms with van der Waals surface area (Å²) in [5, 5.41) is 9.39. The molecule has 0 fully saturated rings. The quantitative estimate of drug-likeness (QED) is 0.870. The molecule has 0 spiro atoms. The van der Waals surface area contributed by atoms with E-state index in [1.54, 1.807) is 56.9 Å². The molecule has 5 nitrogen and oxygen atoms in total. The predicted octanol–water partition coefficient (Wildman–Crippen LogP) is 2.45. The van der Waals surface area contributed by atoms with Gasteiger partial charge in [-0.2, -0.15) is 5.26 Å². The van der Waals surface area contributed by atoms with Gasteiger partial charge >= 0.3 is 0 Å². The minimum Gasteiger partial charge on any atom is -0.497 e. The Hall–Kier alpha value is -3.00. The Morgan fingerprint density at radius 2 is 2.05 bits per heavy atom. The number of nitriles is 1. The first-order valence-corrected chi connectivity index (χ1v) is 6.24. The number of hydrogen-bond donors (Lipinski definition) is 1. The number of pyridine rings is 1. The number of methoxy groups -OCH3 is 2. The fourth-order valence-electron chi connectivity index (χ4n) is 1.95. The van der Waals surface area contributed by atoms with Crippen molar-refractivity contribution in [2.24, 2.45) is 5.73 Å². The third-order valence-corrected chi connectivity index (χ3v) is 3.03. The van der Waals surface area contributed by atoms with Crippen LogP contribution in [0.15, 0.2) is 42.7 Å². The monoisotopic (exact) mass is 281 g/mol. The molecule has 0 radical (unpaired) electrons. The topological polar surface area (TPSA) is 81.2 Å². The van der Waals surface area contributed by atoms with Crippen molar-refractivity contribution in [1.29, 1.82) is 5.26 Å². The maximum atomic E-state index is 9.39. The van der Waals surface area contributed by atoms with Crippen molar-refractivity contribution in [2.45, 2.75) is 0 Å². The molecule has 0 saturated heterocycles. The molecule has 1 aromatic carbocycles. The number of allylic oxidation sites excluding steroid dienone is 1. The highest BCUT2D eigenvalue weighted by Gasteiger charge is 2.13. The Kier molecular flexibility index (Phi) is 4.42. The molecule has 2 N–H and O–H groups in total. The van der Waals surface area contributed by atoms with Gasteiger partial charge in [0.2, 0.25) is 0 Å². The summed E-state index contributed by atoms with van der Waals surface area (Å²) < 4.78 is 10.5. The summed E-state index contributed by atoms with van der Waals surface area (Å²) in [4.78, 5) is 4.01. The van der Waals surface area contributed by atoms with Gasteiger partial charge in [0.15, 0.2) is 0 Å². The highest BCUT2D eigenvalue weighted by Crippen LogP contribution is 2.31. The zero-order chi connectivity index (χ0) is 15.2. The maximum absolute atomic E-state index is 9.39. The average Bonchev–Trinajstić information content (AvgIpc) is 2.55. The SMILES string of the molecule is COc1ccc(/C(N)=C(/C#N)c2cccnc2)c(OC)c1. The molecule has 5 heteroatoms. The van der Waals surface area contributed by atoms with Crippen LogP contribution in [0.3, 0.4) is 0 Å². The maximum Gasteiger partial charge on any atom is 0.131 e. The molecule has 1 aromatic heterocycles. The smallest absolute Gasteiger partial charge is 0.131 e. The molecule has 0 bridgehead atoms. The van der Waals surface area contributed by atoms with Crippen molar-refractivity contribution in [3.8, 4) is 17.6 Å². The van der Waals surface area contributed by atoms with Crippen LogP contribution < -0.4 is 15.2 Å². The number of aromatic nitrogens is 1. The van der Waals surface area contributed by atoms with Crippen molar-refractivity contribution in [3.05, 3.63) is 53.9 Å². The fourth-order valence-corrected chi connectivity index (χ4v) is 1.95. The lowest BCUT2D eigenvalue weighted by molar-refractivity contribution is 0.393. The van der Waals surface area contributed by atoms with Gasteiger partial charge in [0.25, 0.3) is 0 Å². The summed E-state index contributed by atoms with van der Waals surface area (Å²) >= 11 is 0. The fraction of sp³-hybridized carbons (Fsp3) is 0.125. The van der Waals surface area contributed by atoms with Crippen molar-refractivity contribution in [1.82, 2.24) is 4.98 Å². The summed E-state index contributed by atoms with van der Waals surface area (Å²) in [6, 6.07) is 10.9. The van der Waals surface area contributed by atoms with E-state index in [-0.39, 0.29) is 0 Å². The van der Waals surface area contributed by atoms with Gasteiger partial charge in [-0.3, -0.25) is 4.98 Å². The lowest BCUT2D eigenvalue weighted by Gasteiger charge is -2.12. The van der Waals surface area contributed by atoms with Crippen LogP contribution in [0.1, 0.15) is 11.1 Å². The summed E-state index contributed by atoms with van der Waals surface area (Å²) in [5.74, 6) is 1.20. The molecule has 0 aliphatic rings. The Balaban J connectivity index is 2.59. The second kappa shape index (κ2) is 6.44.